The molecule has 7 nitrogen and oxygen atoms in total. The molecule has 0 heterocycles. The van der Waals surface area contributed by atoms with Gasteiger partial charge in [-0.1, -0.05) is 107 Å². The van der Waals surface area contributed by atoms with Crippen LogP contribution >= 0.6 is 15.9 Å². The predicted octanol–water partition coefficient (Wildman–Crippen LogP) is 6.09. The Morgan fingerprint density at radius 3 is 2.00 bits per heavy atom. The lowest BCUT2D eigenvalue weighted by Crippen LogP contribution is -2.49. The highest BCUT2D eigenvalue weighted by atomic mass is 79.9. The van der Waals surface area contributed by atoms with Gasteiger partial charge in [0.05, 0.1) is 0 Å². The highest BCUT2D eigenvalue weighted by molar-refractivity contribution is 9.08. The standard InChI is InChI=1S/C33H30BrN3O4/c1-37(33(40)41-31-27-13-7-5-11-25(27)26-12-6-8-14-28(26)31)21-30(38)36-29(19-22-9-3-2-4-10-22)32(39)35-24-17-15-23(20-34)16-18-24/h2-18,29,31H,19-21H2,1H3,(H,35,39)(H,36,38). The highest BCUT2D eigenvalue weighted by Gasteiger charge is 2.32. The molecule has 2 N–H and O–H groups in total. The Bertz CT molecular complexity index is 1500. The summed E-state index contributed by atoms with van der Waals surface area (Å²) in [4.78, 5) is 40.7. The molecular formula is C33H30BrN3O4. The zero-order valence-corrected chi connectivity index (χ0v) is 24.1. The van der Waals surface area contributed by atoms with Crippen molar-refractivity contribution >= 4 is 39.5 Å². The number of hydrogen-bond acceptors (Lipinski definition) is 4. The number of carbonyl (C=O) groups is 3. The first kappa shape index (κ1) is 28.1. The molecule has 0 saturated carbocycles. The average molecular weight is 613 g/mol. The second-order valence-electron chi connectivity index (χ2n) is 9.92. The van der Waals surface area contributed by atoms with E-state index >= 15 is 0 Å². The van der Waals surface area contributed by atoms with Gasteiger partial charge in [0.1, 0.15) is 12.6 Å². The number of ether oxygens (including phenoxy) is 1. The fraction of sp³-hybridized carbons (Fsp3) is 0.182. The summed E-state index contributed by atoms with van der Waals surface area (Å²) >= 11 is 3.42. The maximum absolute atomic E-state index is 13.3. The Morgan fingerprint density at radius 1 is 0.805 bits per heavy atom. The van der Waals surface area contributed by atoms with Crippen LogP contribution in [0.4, 0.5) is 10.5 Å². The first-order chi connectivity index (χ1) is 19.9. The Morgan fingerprint density at radius 2 is 1.39 bits per heavy atom. The molecule has 1 unspecified atom stereocenters. The van der Waals surface area contributed by atoms with E-state index < -0.39 is 24.1 Å². The molecule has 0 radical (unpaired) electrons. The lowest BCUT2D eigenvalue weighted by molar-refractivity contribution is -0.126. The van der Waals surface area contributed by atoms with Crippen molar-refractivity contribution in [1.82, 2.24) is 10.2 Å². The number of amides is 3. The van der Waals surface area contributed by atoms with Gasteiger partial charge in [-0.2, -0.15) is 0 Å². The first-order valence-electron chi connectivity index (χ1n) is 13.3. The molecule has 3 amide bonds. The molecule has 8 heteroatoms. The van der Waals surface area contributed by atoms with Gasteiger partial charge >= 0.3 is 6.09 Å². The van der Waals surface area contributed by atoms with Crippen LogP contribution in [-0.2, 0) is 26.1 Å². The molecule has 1 aliphatic rings. The maximum Gasteiger partial charge on any atom is 0.410 e. The van der Waals surface area contributed by atoms with Crippen LogP contribution in [0.15, 0.2) is 103 Å². The summed E-state index contributed by atoms with van der Waals surface area (Å²) < 4.78 is 5.90. The van der Waals surface area contributed by atoms with Crippen molar-refractivity contribution in [3.05, 3.63) is 125 Å². The van der Waals surface area contributed by atoms with Gasteiger partial charge in [0.15, 0.2) is 6.10 Å². The Hall–Kier alpha value is -4.43. The molecule has 0 aliphatic heterocycles. The van der Waals surface area contributed by atoms with Crippen LogP contribution in [0.2, 0.25) is 0 Å². The lowest BCUT2D eigenvalue weighted by Gasteiger charge is -2.23. The van der Waals surface area contributed by atoms with Crippen molar-refractivity contribution in [2.45, 2.75) is 23.9 Å². The van der Waals surface area contributed by atoms with E-state index in [1.807, 2.05) is 103 Å². The molecule has 4 aromatic carbocycles. The van der Waals surface area contributed by atoms with Crippen molar-refractivity contribution in [1.29, 1.82) is 0 Å². The van der Waals surface area contributed by atoms with Crippen LogP contribution < -0.4 is 10.6 Å². The van der Waals surface area contributed by atoms with Gasteiger partial charge in [0.2, 0.25) is 11.8 Å². The van der Waals surface area contributed by atoms with Gasteiger partial charge in [0, 0.05) is 35.6 Å². The minimum atomic E-state index is -0.848. The number of benzene rings is 4. The average Bonchev–Trinajstić information content (AvgIpc) is 3.31. The minimum Gasteiger partial charge on any atom is -0.436 e. The van der Waals surface area contributed by atoms with Crippen molar-refractivity contribution in [2.24, 2.45) is 0 Å². The molecule has 208 valence electrons. The molecule has 1 aliphatic carbocycles. The van der Waals surface area contributed by atoms with E-state index in [1.54, 1.807) is 0 Å². The highest BCUT2D eigenvalue weighted by Crippen LogP contribution is 2.45. The van der Waals surface area contributed by atoms with E-state index in [9.17, 15) is 14.4 Å². The van der Waals surface area contributed by atoms with Crippen LogP contribution in [0.25, 0.3) is 11.1 Å². The summed E-state index contributed by atoms with van der Waals surface area (Å²) in [5.74, 6) is -0.819. The molecule has 5 rings (SSSR count). The van der Waals surface area contributed by atoms with Gasteiger partial charge in [0.25, 0.3) is 0 Å². The molecule has 4 aromatic rings. The second kappa shape index (κ2) is 12.8. The van der Waals surface area contributed by atoms with E-state index in [0.29, 0.717) is 17.4 Å². The van der Waals surface area contributed by atoms with Crippen LogP contribution in [0.3, 0.4) is 0 Å². The summed E-state index contributed by atoms with van der Waals surface area (Å²) in [6.07, 6.45) is -0.901. The number of likely N-dealkylation sites (N-methyl/N-ethyl adjacent to an activating group) is 1. The molecular weight excluding hydrogens is 582 g/mol. The van der Waals surface area contributed by atoms with E-state index in [2.05, 4.69) is 26.6 Å². The first-order valence-corrected chi connectivity index (χ1v) is 14.4. The smallest absolute Gasteiger partial charge is 0.410 e. The third kappa shape index (κ3) is 6.66. The number of nitrogens with zero attached hydrogens (tertiary/aromatic N) is 1. The Kier molecular flexibility index (Phi) is 8.79. The summed E-state index contributed by atoms with van der Waals surface area (Å²) in [6, 6.07) is 31.7. The predicted molar refractivity (Wildman–Crippen MR) is 163 cm³/mol. The summed E-state index contributed by atoms with van der Waals surface area (Å²) in [7, 11) is 1.51. The quantitative estimate of drug-likeness (QED) is 0.224. The van der Waals surface area contributed by atoms with Crippen molar-refractivity contribution in [3.63, 3.8) is 0 Å². The number of hydrogen-bond donors (Lipinski definition) is 2. The van der Waals surface area contributed by atoms with Gasteiger partial charge in [-0.3, -0.25) is 9.59 Å². The zero-order chi connectivity index (χ0) is 28.8. The van der Waals surface area contributed by atoms with Crippen molar-refractivity contribution in [2.75, 3.05) is 18.9 Å². The molecule has 0 saturated heterocycles. The van der Waals surface area contributed by atoms with Crippen LogP contribution in [0.5, 0.6) is 0 Å². The van der Waals surface area contributed by atoms with E-state index in [0.717, 1.165) is 33.4 Å². The topological polar surface area (TPSA) is 87.7 Å². The third-order valence-electron chi connectivity index (χ3n) is 7.00. The fourth-order valence-corrected chi connectivity index (χ4v) is 5.29. The number of anilines is 1. The monoisotopic (exact) mass is 611 g/mol. The fourth-order valence-electron chi connectivity index (χ4n) is 4.91. The normalized spacial score (nSPS) is 12.5. The largest absolute Gasteiger partial charge is 0.436 e. The van der Waals surface area contributed by atoms with E-state index in [-0.39, 0.29) is 12.5 Å². The summed E-state index contributed by atoms with van der Waals surface area (Å²) in [5, 5.41) is 6.41. The van der Waals surface area contributed by atoms with Crippen molar-refractivity contribution in [3.8, 4) is 11.1 Å². The molecule has 1 atom stereocenters. The molecule has 0 aromatic heterocycles. The third-order valence-corrected chi connectivity index (χ3v) is 7.65. The number of rotatable bonds is 9. The van der Waals surface area contributed by atoms with Crippen LogP contribution in [0, 0.1) is 0 Å². The van der Waals surface area contributed by atoms with E-state index in [1.165, 1.54) is 11.9 Å². The number of fused-ring (bicyclic) bond motifs is 3. The SMILES string of the molecule is CN(CC(=O)NC(Cc1ccccc1)C(=O)Nc1ccc(CBr)cc1)C(=O)OC1c2ccccc2-c2ccccc21. The molecule has 0 spiro atoms. The van der Waals surface area contributed by atoms with Crippen LogP contribution in [0.1, 0.15) is 28.4 Å². The number of carbonyl (C=O) groups excluding carboxylic acids is 3. The second-order valence-corrected chi connectivity index (χ2v) is 10.5. The molecule has 41 heavy (non-hydrogen) atoms. The zero-order valence-electron chi connectivity index (χ0n) is 22.5. The van der Waals surface area contributed by atoms with Gasteiger partial charge in [-0.05, 0) is 34.4 Å². The molecule has 0 bridgehead atoms. The summed E-state index contributed by atoms with van der Waals surface area (Å²) in [5.41, 5.74) is 6.47. The minimum absolute atomic E-state index is 0.270. The number of nitrogens with one attached hydrogen (secondary N) is 2. The van der Waals surface area contributed by atoms with Gasteiger partial charge in [-0.25, -0.2) is 4.79 Å². The lowest BCUT2D eigenvalue weighted by atomic mass is 10.0. The Balaban J connectivity index is 1.24. The van der Waals surface area contributed by atoms with Crippen molar-refractivity contribution < 1.29 is 19.1 Å². The van der Waals surface area contributed by atoms with Crippen LogP contribution in [-0.4, -0.2) is 42.4 Å². The summed E-state index contributed by atoms with van der Waals surface area (Å²) in [6.45, 7) is -0.270. The Labute approximate surface area is 247 Å². The van der Waals surface area contributed by atoms with Gasteiger partial charge in [-0.15, -0.1) is 0 Å². The van der Waals surface area contributed by atoms with E-state index in [4.69, 9.17) is 4.74 Å². The van der Waals surface area contributed by atoms with Gasteiger partial charge < -0.3 is 20.3 Å². The molecule has 0 fully saturated rings. The number of halogens is 1. The maximum atomic E-state index is 13.3. The number of alkyl halides is 1.